The molecule has 0 aliphatic heterocycles. The van der Waals surface area contributed by atoms with Crippen LogP contribution in [0.5, 0.6) is 5.75 Å². The summed E-state index contributed by atoms with van der Waals surface area (Å²) in [6.07, 6.45) is 0.966. The first-order chi connectivity index (χ1) is 9.42. The predicted molar refractivity (Wildman–Crippen MR) is 78.0 cm³/mol. The summed E-state index contributed by atoms with van der Waals surface area (Å²) >= 11 is 3.31. The van der Waals surface area contributed by atoms with Gasteiger partial charge in [0.15, 0.2) is 17.1 Å². The molecule has 0 radical (unpaired) electrons. The van der Waals surface area contributed by atoms with E-state index in [1.54, 1.807) is 12.1 Å². The number of aliphatic hydroxyl groups is 1. The minimum atomic E-state index is -0.742. The van der Waals surface area contributed by atoms with Gasteiger partial charge < -0.3 is 14.3 Å². The van der Waals surface area contributed by atoms with Crippen LogP contribution in [-0.2, 0) is 4.79 Å². The monoisotopic (exact) mass is 338 g/mol. The molecule has 1 N–H and O–H groups in total. The maximum Gasteiger partial charge on any atom is 0.347 e. The Balaban J connectivity index is 2.75. The first-order valence-corrected chi connectivity index (χ1v) is 6.44. The van der Waals surface area contributed by atoms with Crippen molar-refractivity contribution in [3.8, 4) is 5.75 Å². The van der Waals surface area contributed by atoms with Crippen LogP contribution in [0.1, 0.15) is 12.5 Å². The second kappa shape index (κ2) is 5.50. The highest BCUT2D eigenvalue weighted by atomic mass is 79.9. The van der Waals surface area contributed by atoms with Crippen molar-refractivity contribution in [1.29, 1.82) is 0 Å². The molecule has 6 heteroatoms. The minimum absolute atomic E-state index is 0.0761. The Bertz CT molecular complexity index is 773. The van der Waals surface area contributed by atoms with E-state index >= 15 is 0 Å². The number of halogens is 1. The standard InChI is InChI=1S/C14H11BrO5/c1-7(16)3-11(17)10-5-8-4-9(15)6-12(19-2)13(8)20-14(10)18/h3-6,17H,1-2H3. The van der Waals surface area contributed by atoms with Crippen LogP contribution >= 0.6 is 15.9 Å². The number of benzene rings is 1. The Morgan fingerprint density at radius 1 is 1.40 bits per heavy atom. The summed E-state index contributed by atoms with van der Waals surface area (Å²) < 4.78 is 11.0. The molecule has 0 aliphatic carbocycles. The zero-order valence-electron chi connectivity index (χ0n) is 10.8. The molecule has 2 rings (SSSR count). The molecule has 0 spiro atoms. The summed E-state index contributed by atoms with van der Waals surface area (Å²) in [7, 11) is 1.46. The highest BCUT2D eigenvalue weighted by Crippen LogP contribution is 2.30. The van der Waals surface area contributed by atoms with Crippen LogP contribution in [0.2, 0.25) is 0 Å². The summed E-state index contributed by atoms with van der Waals surface area (Å²) in [5, 5.41) is 10.3. The average Bonchev–Trinajstić information content (AvgIpc) is 2.36. The molecule has 0 saturated heterocycles. The summed E-state index contributed by atoms with van der Waals surface area (Å²) in [5.74, 6) is -0.394. The first kappa shape index (κ1) is 14.3. The van der Waals surface area contributed by atoms with Crippen LogP contribution < -0.4 is 10.4 Å². The zero-order valence-corrected chi connectivity index (χ0v) is 12.4. The molecule has 1 aromatic heterocycles. The first-order valence-electron chi connectivity index (χ1n) is 5.65. The number of ether oxygens (including phenoxy) is 1. The van der Waals surface area contributed by atoms with Gasteiger partial charge in [0.05, 0.1) is 7.11 Å². The van der Waals surface area contributed by atoms with Crippen LogP contribution in [0.4, 0.5) is 0 Å². The predicted octanol–water partition coefficient (Wildman–Crippen LogP) is 3.05. The van der Waals surface area contributed by atoms with Crippen molar-refractivity contribution in [2.24, 2.45) is 0 Å². The van der Waals surface area contributed by atoms with E-state index in [1.807, 2.05) is 0 Å². The largest absolute Gasteiger partial charge is 0.507 e. The molecule has 1 heterocycles. The Hall–Kier alpha value is -2.08. The average molecular weight is 339 g/mol. The maximum absolute atomic E-state index is 11.9. The summed E-state index contributed by atoms with van der Waals surface area (Å²) in [5.41, 5.74) is -0.541. The molecule has 5 nitrogen and oxygen atoms in total. The molecule has 1 aromatic carbocycles. The van der Waals surface area contributed by atoms with Crippen LogP contribution in [0.15, 0.2) is 38.0 Å². The fourth-order valence-corrected chi connectivity index (χ4v) is 2.22. The van der Waals surface area contributed by atoms with E-state index in [0.717, 1.165) is 10.5 Å². The van der Waals surface area contributed by atoms with Gasteiger partial charge in [-0.2, -0.15) is 0 Å². The third kappa shape index (κ3) is 2.75. The molecule has 104 valence electrons. The van der Waals surface area contributed by atoms with E-state index in [0.29, 0.717) is 11.1 Å². The third-order valence-corrected chi connectivity index (χ3v) is 3.06. The number of allylic oxidation sites excluding steroid dienone is 1. The number of ketones is 1. The van der Waals surface area contributed by atoms with E-state index in [4.69, 9.17) is 9.15 Å². The molecular formula is C14H11BrO5. The number of aliphatic hydroxyl groups excluding tert-OH is 1. The van der Waals surface area contributed by atoms with E-state index in [9.17, 15) is 14.7 Å². The Morgan fingerprint density at radius 2 is 2.10 bits per heavy atom. The molecule has 20 heavy (non-hydrogen) atoms. The number of carbonyl (C=O) groups excluding carboxylic acids is 1. The Labute approximate surface area is 122 Å². The number of fused-ring (bicyclic) bond motifs is 1. The molecule has 0 fully saturated rings. The molecule has 0 unspecified atom stereocenters. The lowest BCUT2D eigenvalue weighted by Crippen LogP contribution is -2.07. The molecule has 0 saturated carbocycles. The van der Waals surface area contributed by atoms with Crippen LogP contribution in [-0.4, -0.2) is 18.0 Å². The topological polar surface area (TPSA) is 76.7 Å². The highest BCUT2D eigenvalue weighted by molar-refractivity contribution is 9.10. The van der Waals surface area contributed by atoms with Crippen LogP contribution in [0, 0.1) is 0 Å². The second-order valence-electron chi connectivity index (χ2n) is 4.11. The molecular weight excluding hydrogens is 328 g/mol. The summed E-state index contributed by atoms with van der Waals surface area (Å²) in [6, 6.07) is 4.82. The number of hydrogen-bond acceptors (Lipinski definition) is 5. The molecule has 2 aromatic rings. The van der Waals surface area contributed by atoms with Gasteiger partial charge in [-0.3, -0.25) is 4.79 Å². The van der Waals surface area contributed by atoms with Gasteiger partial charge in [-0.1, -0.05) is 15.9 Å². The SMILES string of the molecule is COc1cc(Br)cc2cc(C(O)=CC(C)=O)c(=O)oc12. The van der Waals surface area contributed by atoms with E-state index in [1.165, 1.54) is 20.1 Å². The zero-order chi connectivity index (χ0) is 14.9. The molecule has 0 amide bonds. The summed E-state index contributed by atoms with van der Waals surface area (Å²) in [6.45, 7) is 1.28. The van der Waals surface area contributed by atoms with Gasteiger partial charge in [0.2, 0.25) is 0 Å². The van der Waals surface area contributed by atoms with Crippen molar-refractivity contribution in [2.75, 3.05) is 7.11 Å². The molecule has 0 aliphatic rings. The quantitative estimate of drug-likeness (QED) is 0.528. The van der Waals surface area contributed by atoms with E-state index in [-0.39, 0.29) is 16.9 Å². The third-order valence-electron chi connectivity index (χ3n) is 2.60. The van der Waals surface area contributed by atoms with Crippen molar-refractivity contribution < 1.29 is 19.1 Å². The van der Waals surface area contributed by atoms with Gasteiger partial charge in [0, 0.05) is 15.9 Å². The van der Waals surface area contributed by atoms with Crippen LogP contribution in [0.3, 0.4) is 0 Å². The number of methoxy groups -OCH3 is 1. The number of hydrogen-bond donors (Lipinski definition) is 1. The number of carbonyl (C=O) groups is 1. The van der Waals surface area contributed by atoms with Crippen molar-refractivity contribution in [3.05, 3.63) is 44.7 Å². The fraction of sp³-hybridized carbons (Fsp3) is 0.143. The molecule has 0 bridgehead atoms. The van der Waals surface area contributed by atoms with E-state index in [2.05, 4.69) is 15.9 Å². The van der Waals surface area contributed by atoms with Gasteiger partial charge in [0.1, 0.15) is 11.3 Å². The van der Waals surface area contributed by atoms with Gasteiger partial charge in [-0.25, -0.2) is 4.79 Å². The normalized spacial score (nSPS) is 11.7. The van der Waals surface area contributed by atoms with Crippen molar-refractivity contribution in [3.63, 3.8) is 0 Å². The smallest absolute Gasteiger partial charge is 0.347 e. The lowest BCUT2D eigenvalue weighted by atomic mass is 10.1. The van der Waals surface area contributed by atoms with Gasteiger partial charge in [-0.15, -0.1) is 0 Å². The van der Waals surface area contributed by atoms with E-state index < -0.39 is 11.4 Å². The minimum Gasteiger partial charge on any atom is -0.507 e. The van der Waals surface area contributed by atoms with Gasteiger partial charge >= 0.3 is 5.63 Å². The van der Waals surface area contributed by atoms with Crippen molar-refractivity contribution in [2.45, 2.75) is 6.92 Å². The summed E-state index contributed by atoms with van der Waals surface area (Å²) in [4.78, 5) is 22.8. The Morgan fingerprint density at radius 3 is 2.70 bits per heavy atom. The van der Waals surface area contributed by atoms with Gasteiger partial charge in [0.25, 0.3) is 0 Å². The van der Waals surface area contributed by atoms with Crippen molar-refractivity contribution in [1.82, 2.24) is 0 Å². The van der Waals surface area contributed by atoms with Crippen LogP contribution in [0.25, 0.3) is 16.7 Å². The fourth-order valence-electron chi connectivity index (χ4n) is 1.77. The second-order valence-corrected chi connectivity index (χ2v) is 5.03. The van der Waals surface area contributed by atoms with Crippen molar-refractivity contribution >= 4 is 38.4 Å². The lowest BCUT2D eigenvalue weighted by Gasteiger charge is -2.06. The molecule has 0 atom stereocenters. The maximum atomic E-state index is 11.9. The van der Waals surface area contributed by atoms with Gasteiger partial charge in [-0.05, 0) is 25.1 Å². The lowest BCUT2D eigenvalue weighted by molar-refractivity contribution is -0.112. The number of rotatable bonds is 3. The Kier molecular flexibility index (Phi) is 3.94. The highest BCUT2D eigenvalue weighted by Gasteiger charge is 2.13.